The monoisotopic (exact) mass is 629 g/mol. The molecule has 1 saturated carbocycles. The van der Waals surface area contributed by atoms with Gasteiger partial charge in [0.25, 0.3) is 10.0 Å². The van der Waals surface area contributed by atoms with Crippen LogP contribution in [-0.4, -0.2) is 43.8 Å². The zero-order chi connectivity index (χ0) is 30.4. The van der Waals surface area contributed by atoms with Crippen molar-refractivity contribution >= 4 is 50.7 Å². The molecular weight excluding hydrogens is 593 g/mol. The molecule has 1 N–H and O–H groups in total. The van der Waals surface area contributed by atoms with Crippen molar-refractivity contribution in [3.05, 3.63) is 93.5 Å². The van der Waals surface area contributed by atoms with Gasteiger partial charge in [0.2, 0.25) is 11.8 Å². The zero-order valence-electron chi connectivity index (χ0n) is 24.1. The first-order chi connectivity index (χ1) is 20.0. The molecule has 0 unspecified atom stereocenters. The van der Waals surface area contributed by atoms with Gasteiger partial charge in [0, 0.05) is 22.6 Å². The van der Waals surface area contributed by atoms with Crippen LogP contribution in [0, 0.1) is 13.8 Å². The topological polar surface area (TPSA) is 86.8 Å². The minimum Gasteiger partial charge on any atom is -0.352 e. The number of anilines is 1. The highest BCUT2D eigenvalue weighted by Gasteiger charge is 2.34. The third kappa shape index (κ3) is 7.65. The Labute approximate surface area is 258 Å². The number of halogens is 2. The molecule has 7 nitrogen and oxygen atoms in total. The van der Waals surface area contributed by atoms with Crippen LogP contribution in [0.15, 0.2) is 71.6 Å². The van der Waals surface area contributed by atoms with E-state index in [9.17, 15) is 18.0 Å². The summed E-state index contributed by atoms with van der Waals surface area (Å²) >= 11 is 12.6. The summed E-state index contributed by atoms with van der Waals surface area (Å²) in [7, 11) is -4.17. The number of hydrogen-bond acceptors (Lipinski definition) is 4. The number of carbonyl (C=O) groups excluding carboxylic acids is 2. The van der Waals surface area contributed by atoms with Gasteiger partial charge in [-0.1, -0.05) is 78.4 Å². The molecule has 0 heterocycles. The molecule has 2 amide bonds. The lowest BCUT2D eigenvalue weighted by Gasteiger charge is -2.33. The minimum atomic E-state index is -4.17. The van der Waals surface area contributed by atoms with Gasteiger partial charge in [0.05, 0.1) is 10.6 Å². The lowest BCUT2D eigenvalue weighted by Crippen LogP contribution is -2.53. The smallest absolute Gasteiger partial charge is 0.264 e. The van der Waals surface area contributed by atoms with E-state index < -0.39 is 28.5 Å². The number of rotatable bonds is 10. The molecule has 3 aromatic rings. The van der Waals surface area contributed by atoms with E-state index in [4.69, 9.17) is 23.2 Å². The first-order valence-electron chi connectivity index (χ1n) is 14.2. The molecule has 1 aliphatic carbocycles. The second-order valence-electron chi connectivity index (χ2n) is 10.9. The number of sulfonamides is 1. The van der Waals surface area contributed by atoms with Crippen LogP contribution >= 0.6 is 23.2 Å². The second-order valence-corrected chi connectivity index (χ2v) is 13.6. The van der Waals surface area contributed by atoms with E-state index in [1.807, 2.05) is 13.0 Å². The van der Waals surface area contributed by atoms with E-state index in [1.54, 1.807) is 62.4 Å². The van der Waals surface area contributed by atoms with Gasteiger partial charge < -0.3 is 10.2 Å². The third-order valence-corrected chi connectivity index (χ3v) is 10.1. The molecule has 0 bridgehead atoms. The molecular formula is C32H37Cl2N3O4S. The SMILES string of the molecule is Cc1ccc(S(=O)(=O)N(CC(=O)N(Cc2ccccc2Cl)[C@@H](C)C(=O)NC2CCCCC2)c2ccc(Cl)cc2C)cc1. The highest BCUT2D eigenvalue weighted by Crippen LogP contribution is 2.30. The summed E-state index contributed by atoms with van der Waals surface area (Å²) in [6, 6.07) is 17.6. The predicted molar refractivity (Wildman–Crippen MR) is 168 cm³/mol. The quantitative estimate of drug-likeness (QED) is 0.271. The molecule has 0 saturated heterocycles. The Kier molecular flexibility index (Phi) is 10.6. The molecule has 10 heteroatoms. The van der Waals surface area contributed by atoms with E-state index in [0.29, 0.717) is 26.9 Å². The van der Waals surface area contributed by atoms with Crippen LogP contribution < -0.4 is 9.62 Å². The van der Waals surface area contributed by atoms with Gasteiger partial charge in [-0.25, -0.2) is 8.42 Å². The predicted octanol–water partition coefficient (Wildman–Crippen LogP) is 6.67. The van der Waals surface area contributed by atoms with Crippen LogP contribution in [0.25, 0.3) is 0 Å². The van der Waals surface area contributed by atoms with Crippen molar-refractivity contribution in [1.29, 1.82) is 0 Å². The Hall–Kier alpha value is -3.07. The maximum atomic E-state index is 14.2. The summed E-state index contributed by atoms with van der Waals surface area (Å²) in [4.78, 5) is 29.1. The minimum absolute atomic E-state index is 0.0375. The first kappa shape index (κ1) is 31.9. The van der Waals surface area contributed by atoms with E-state index in [1.165, 1.54) is 17.0 Å². The van der Waals surface area contributed by atoms with Crippen LogP contribution in [-0.2, 0) is 26.2 Å². The summed E-state index contributed by atoms with van der Waals surface area (Å²) in [6.07, 6.45) is 5.04. The van der Waals surface area contributed by atoms with Gasteiger partial charge in [-0.3, -0.25) is 13.9 Å². The molecule has 0 radical (unpaired) electrons. The summed E-state index contributed by atoms with van der Waals surface area (Å²) in [5, 5.41) is 4.00. The average Bonchev–Trinajstić information content (AvgIpc) is 2.96. The standard InChI is InChI=1S/C32H37Cl2N3O4S/c1-22-13-16-28(17-14-22)42(40,41)37(30-18-15-26(33)19-23(30)2)21-31(38)36(20-25-9-7-8-12-29(25)34)24(3)32(39)35-27-10-5-4-6-11-27/h7-9,12-19,24,27H,4-6,10-11,20-21H2,1-3H3,(H,35,39)/t24-/m0/s1. The fourth-order valence-electron chi connectivity index (χ4n) is 5.21. The van der Waals surface area contributed by atoms with Crippen LogP contribution in [0.4, 0.5) is 5.69 Å². The Balaban J connectivity index is 1.71. The van der Waals surface area contributed by atoms with E-state index in [2.05, 4.69) is 5.32 Å². The Morgan fingerprint density at radius 1 is 0.952 bits per heavy atom. The fourth-order valence-corrected chi connectivity index (χ4v) is 7.11. The summed E-state index contributed by atoms with van der Waals surface area (Å²) in [5.74, 6) is -0.816. The molecule has 1 atom stereocenters. The van der Waals surface area contributed by atoms with Gasteiger partial charge in [-0.15, -0.1) is 0 Å². The van der Waals surface area contributed by atoms with Gasteiger partial charge in [-0.05, 0) is 81.1 Å². The van der Waals surface area contributed by atoms with Crippen molar-refractivity contribution < 1.29 is 18.0 Å². The van der Waals surface area contributed by atoms with Gasteiger partial charge >= 0.3 is 0 Å². The van der Waals surface area contributed by atoms with E-state index >= 15 is 0 Å². The molecule has 1 fully saturated rings. The van der Waals surface area contributed by atoms with Crippen molar-refractivity contribution in [2.75, 3.05) is 10.8 Å². The highest BCUT2D eigenvalue weighted by atomic mass is 35.5. The Morgan fingerprint density at radius 3 is 2.26 bits per heavy atom. The van der Waals surface area contributed by atoms with E-state index in [-0.39, 0.29) is 23.4 Å². The fraction of sp³-hybridized carbons (Fsp3) is 0.375. The zero-order valence-corrected chi connectivity index (χ0v) is 26.5. The first-order valence-corrected chi connectivity index (χ1v) is 16.4. The van der Waals surface area contributed by atoms with Crippen molar-refractivity contribution in [3.8, 4) is 0 Å². The number of nitrogens with zero attached hydrogens (tertiary/aromatic N) is 2. The number of amides is 2. The molecule has 0 aromatic heterocycles. The van der Waals surface area contributed by atoms with Gasteiger partial charge in [-0.2, -0.15) is 0 Å². The normalized spacial score (nSPS) is 14.7. The van der Waals surface area contributed by atoms with Crippen molar-refractivity contribution in [2.45, 2.75) is 76.4 Å². The van der Waals surface area contributed by atoms with Crippen LogP contribution in [0.5, 0.6) is 0 Å². The number of carbonyl (C=O) groups is 2. The third-order valence-electron chi connectivity index (χ3n) is 7.73. The molecule has 224 valence electrons. The highest BCUT2D eigenvalue weighted by molar-refractivity contribution is 7.92. The summed E-state index contributed by atoms with van der Waals surface area (Å²) < 4.78 is 29.2. The lowest BCUT2D eigenvalue weighted by atomic mass is 9.95. The number of nitrogens with one attached hydrogen (secondary N) is 1. The Morgan fingerprint density at radius 2 is 1.62 bits per heavy atom. The van der Waals surface area contributed by atoms with Crippen LogP contribution in [0.1, 0.15) is 55.7 Å². The van der Waals surface area contributed by atoms with Crippen molar-refractivity contribution in [1.82, 2.24) is 10.2 Å². The maximum Gasteiger partial charge on any atom is 0.264 e. The van der Waals surface area contributed by atoms with Crippen molar-refractivity contribution in [2.24, 2.45) is 0 Å². The average molecular weight is 631 g/mol. The maximum absolute atomic E-state index is 14.2. The molecule has 1 aliphatic rings. The van der Waals surface area contributed by atoms with E-state index in [0.717, 1.165) is 42.0 Å². The number of hydrogen-bond donors (Lipinski definition) is 1. The number of aryl methyl sites for hydroxylation is 2. The molecule has 0 spiro atoms. The summed E-state index contributed by atoms with van der Waals surface area (Å²) in [5.41, 5.74) is 2.47. The van der Waals surface area contributed by atoms with Crippen LogP contribution in [0.2, 0.25) is 10.0 Å². The second kappa shape index (κ2) is 13.9. The van der Waals surface area contributed by atoms with Gasteiger partial charge in [0.1, 0.15) is 12.6 Å². The number of benzene rings is 3. The largest absolute Gasteiger partial charge is 0.352 e. The molecule has 3 aromatic carbocycles. The van der Waals surface area contributed by atoms with Gasteiger partial charge in [0.15, 0.2) is 0 Å². The molecule has 4 rings (SSSR count). The Bertz CT molecular complexity index is 1520. The van der Waals surface area contributed by atoms with Crippen molar-refractivity contribution in [3.63, 3.8) is 0 Å². The molecule has 0 aliphatic heterocycles. The van der Waals surface area contributed by atoms with Crippen LogP contribution in [0.3, 0.4) is 0 Å². The lowest BCUT2D eigenvalue weighted by molar-refractivity contribution is -0.139. The molecule has 42 heavy (non-hydrogen) atoms. The summed E-state index contributed by atoms with van der Waals surface area (Å²) in [6.45, 7) is 4.79.